The molecule has 61 heavy (non-hydrogen) atoms. The fraction of sp³-hybridized carbons (Fsp3) is 0.667. The van der Waals surface area contributed by atoms with Crippen LogP contribution in [0.2, 0.25) is 0 Å². The lowest BCUT2D eigenvalue weighted by Crippen LogP contribution is -2.59. The summed E-state index contributed by atoms with van der Waals surface area (Å²) in [5.41, 5.74) is 42.8. The third kappa shape index (κ3) is 25.5. The summed E-state index contributed by atoms with van der Waals surface area (Å²) < 4.78 is 0. The summed E-state index contributed by atoms with van der Waals surface area (Å²) in [6.07, 6.45) is -2.82. The zero-order valence-corrected chi connectivity index (χ0v) is 34.4. The molecule has 346 valence electrons. The van der Waals surface area contributed by atoms with Crippen LogP contribution in [-0.4, -0.2) is 157 Å². The fourth-order valence-electron chi connectivity index (χ4n) is 5.08. The van der Waals surface area contributed by atoms with Crippen molar-refractivity contribution in [3.05, 3.63) is 0 Å². The van der Waals surface area contributed by atoms with E-state index in [9.17, 15) is 48.6 Å². The first kappa shape index (κ1) is 54.4. The van der Waals surface area contributed by atoms with Gasteiger partial charge in [-0.25, -0.2) is 0 Å². The van der Waals surface area contributed by atoms with Gasteiger partial charge in [0.25, 0.3) is 0 Å². The van der Waals surface area contributed by atoms with Crippen LogP contribution in [0.3, 0.4) is 0 Å². The molecule has 0 aliphatic carbocycles. The number of primary amides is 1. The van der Waals surface area contributed by atoms with Gasteiger partial charge in [0.15, 0.2) is 17.9 Å². The molecule has 28 nitrogen and oxygen atoms in total. The Bertz CT molecular complexity index is 1560. The van der Waals surface area contributed by atoms with E-state index in [-0.39, 0.29) is 82.6 Å². The van der Waals surface area contributed by atoms with Crippen LogP contribution >= 0.6 is 0 Å². The summed E-state index contributed by atoms with van der Waals surface area (Å²) in [6.45, 7) is 1.30. The van der Waals surface area contributed by atoms with Crippen molar-refractivity contribution in [1.82, 2.24) is 37.2 Å². The molecule has 0 spiro atoms. The van der Waals surface area contributed by atoms with Crippen LogP contribution in [0, 0.1) is 0 Å². The molecule has 7 atom stereocenters. The Morgan fingerprint density at radius 2 is 0.934 bits per heavy atom. The van der Waals surface area contributed by atoms with Gasteiger partial charge in [-0.3, -0.25) is 53.3 Å². The standard InChI is InChI=1S/C33H64N18O10/c1-16(52)14-45-26(57)21(12-22(35)54)50-28(59)20(8-5-11-44-33(40)41)49-27(58)18(6-3-9-42-31(36)37)48-24(56)15-46-30(61)25(17(2)53)51-29(60)19(47-23(55)13-34)7-4-10-43-32(38)39/h16-21,25,52-53H,3-15,34H2,1-2H3,(H2,35,54)(H,45,57)(H,46,61)(H,47,55)(H,48,56)(H,49,58)(H,50,59)(H,51,60)(H4,36,37,42)(H4,38,39,43)(H4,40,41,44)/t16-,17-,18+,19+,20+,21+,25+/m1/s1. The van der Waals surface area contributed by atoms with Crippen LogP contribution in [-0.2, 0) is 38.4 Å². The SMILES string of the molecule is C[C@@H](O)CNC(=O)[C@H](CC(N)=O)NC(=O)[C@H](CCCN=C(N)N)NC(=O)[C@H](CCCN=C(N)N)NC(=O)CNC(=O)[C@@H](NC(=O)[C@H](CCCN=C(N)N)NC(=O)CN)[C@@H](C)O. The number of aliphatic imine (C=N–C) groups is 3. The number of aliphatic hydroxyl groups excluding tert-OH is 2. The number of amides is 8. The van der Waals surface area contributed by atoms with Crippen molar-refractivity contribution in [3.63, 3.8) is 0 Å². The van der Waals surface area contributed by atoms with Gasteiger partial charge >= 0.3 is 0 Å². The lowest BCUT2D eigenvalue weighted by atomic mass is 10.1. The largest absolute Gasteiger partial charge is 0.392 e. The highest BCUT2D eigenvalue weighted by atomic mass is 16.3. The number of nitrogens with zero attached hydrogens (tertiary/aromatic N) is 3. The van der Waals surface area contributed by atoms with Gasteiger partial charge < -0.3 is 93.3 Å². The Morgan fingerprint density at radius 1 is 0.525 bits per heavy atom. The Hall–Kier alpha value is -6.55. The number of carbonyl (C=O) groups excluding carboxylic acids is 8. The first-order valence-corrected chi connectivity index (χ1v) is 19.1. The van der Waals surface area contributed by atoms with Crippen LogP contribution in [0.25, 0.3) is 0 Å². The number of hydrogen-bond donors (Lipinski definition) is 17. The summed E-state index contributed by atoms with van der Waals surface area (Å²) in [6, 6.07) is -7.13. The van der Waals surface area contributed by atoms with Gasteiger partial charge in [-0.05, 0) is 52.4 Å². The molecule has 0 bridgehead atoms. The molecule has 0 aromatic carbocycles. The molecule has 0 radical (unpaired) electrons. The lowest BCUT2D eigenvalue weighted by molar-refractivity contribution is -0.135. The Balaban J connectivity index is 6.18. The monoisotopic (exact) mass is 873 g/mol. The molecule has 28 heteroatoms. The van der Waals surface area contributed by atoms with Crippen molar-refractivity contribution in [2.75, 3.05) is 39.3 Å². The topological polar surface area (TPSA) is 506 Å². The zero-order valence-electron chi connectivity index (χ0n) is 34.4. The van der Waals surface area contributed by atoms with E-state index in [1.165, 1.54) is 13.8 Å². The molecule has 0 aromatic heterocycles. The van der Waals surface area contributed by atoms with Crippen LogP contribution in [0.1, 0.15) is 58.8 Å². The van der Waals surface area contributed by atoms with Crippen LogP contribution in [0.15, 0.2) is 15.0 Å². The smallest absolute Gasteiger partial charge is 0.245 e. The van der Waals surface area contributed by atoms with E-state index in [0.717, 1.165) is 0 Å². The summed E-state index contributed by atoms with van der Waals surface area (Å²) in [7, 11) is 0. The van der Waals surface area contributed by atoms with E-state index in [1.54, 1.807) is 0 Å². The zero-order chi connectivity index (χ0) is 46.7. The molecule has 0 aliphatic rings. The molecule has 0 saturated heterocycles. The first-order chi connectivity index (χ1) is 28.6. The maximum absolute atomic E-state index is 13.7. The van der Waals surface area contributed by atoms with E-state index in [4.69, 9.17) is 45.9 Å². The summed E-state index contributed by atoms with van der Waals surface area (Å²) in [4.78, 5) is 115. The molecule has 0 heterocycles. The van der Waals surface area contributed by atoms with Crippen molar-refractivity contribution in [3.8, 4) is 0 Å². The van der Waals surface area contributed by atoms with E-state index in [0.29, 0.717) is 0 Å². The van der Waals surface area contributed by atoms with Crippen LogP contribution in [0.5, 0.6) is 0 Å². The second-order valence-electron chi connectivity index (χ2n) is 13.6. The summed E-state index contributed by atoms with van der Waals surface area (Å²) in [5, 5.41) is 36.6. The van der Waals surface area contributed by atoms with Crippen molar-refractivity contribution in [2.24, 2.45) is 60.8 Å². The number of aliphatic hydroxyl groups is 2. The highest BCUT2D eigenvalue weighted by Gasteiger charge is 2.32. The Kier molecular flexibility index (Phi) is 26.4. The molecule has 0 fully saturated rings. The van der Waals surface area contributed by atoms with Gasteiger partial charge in [-0.2, -0.15) is 0 Å². The molecule has 0 unspecified atom stereocenters. The molecule has 0 aliphatic heterocycles. The maximum Gasteiger partial charge on any atom is 0.245 e. The summed E-state index contributed by atoms with van der Waals surface area (Å²) in [5.74, 6) is -7.80. The van der Waals surface area contributed by atoms with Gasteiger partial charge in [0, 0.05) is 26.2 Å². The molecular weight excluding hydrogens is 808 g/mol. The van der Waals surface area contributed by atoms with E-state index in [2.05, 4.69) is 52.2 Å². The van der Waals surface area contributed by atoms with Gasteiger partial charge in [0.1, 0.15) is 30.2 Å². The van der Waals surface area contributed by atoms with E-state index < -0.39 is 109 Å². The van der Waals surface area contributed by atoms with Crippen molar-refractivity contribution in [2.45, 2.75) is 101 Å². The third-order valence-electron chi connectivity index (χ3n) is 8.05. The van der Waals surface area contributed by atoms with Gasteiger partial charge in [-0.15, -0.1) is 0 Å². The quantitative estimate of drug-likeness (QED) is 0.0181. The van der Waals surface area contributed by atoms with Crippen LogP contribution in [0.4, 0.5) is 0 Å². The van der Waals surface area contributed by atoms with Crippen molar-refractivity contribution in [1.29, 1.82) is 0 Å². The molecule has 0 aromatic rings. The average Bonchev–Trinajstić information content (AvgIpc) is 3.17. The van der Waals surface area contributed by atoms with Gasteiger partial charge in [0.05, 0.1) is 31.7 Å². The number of nitrogens with two attached hydrogens (primary N) is 8. The molecule has 8 amide bonds. The number of guanidine groups is 3. The highest BCUT2D eigenvalue weighted by Crippen LogP contribution is 2.06. The summed E-state index contributed by atoms with van der Waals surface area (Å²) >= 11 is 0. The average molecular weight is 873 g/mol. The minimum Gasteiger partial charge on any atom is -0.392 e. The third-order valence-corrected chi connectivity index (χ3v) is 8.05. The minimum absolute atomic E-state index is 0.0174. The second kappa shape index (κ2) is 29.6. The fourth-order valence-corrected chi connectivity index (χ4v) is 5.08. The molecule has 25 N–H and O–H groups in total. The van der Waals surface area contributed by atoms with Gasteiger partial charge in [0.2, 0.25) is 47.3 Å². The van der Waals surface area contributed by atoms with Crippen molar-refractivity contribution < 1.29 is 48.6 Å². The number of hydrogen-bond acceptors (Lipinski definition) is 14. The first-order valence-electron chi connectivity index (χ1n) is 19.1. The normalized spacial score (nSPS) is 14.0. The highest BCUT2D eigenvalue weighted by molar-refractivity contribution is 5.97. The van der Waals surface area contributed by atoms with E-state index in [1.807, 2.05) is 0 Å². The Labute approximate surface area is 352 Å². The number of rotatable bonds is 30. The Morgan fingerprint density at radius 3 is 1.33 bits per heavy atom. The number of nitrogens with one attached hydrogen (secondary N) is 7. The lowest BCUT2D eigenvalue weighted by Gasteiger charge is -2.26. The van der Waals surface area contributed by atoms with Crippen LogP contribution < -0.4 is 83.1 Å². The predicted molar refractivity (Wildman–Crippen MR) is 222 cm³/mol. The second-order valence-corrected chi connectivity index (χ2v) is 13.6. The maximum atomic E-state index is 13.7. The van der Waals surface area contributed by atoms with Gasteiger partial charge in [-0.1, -0.05) is 0 Å². The van der Waals surface area contributed by atoms with Crippen molar-refractivity contribution >= 4 is 65.1 Å². The van der Waals surface area contributed by atoms with E-state index >= 15 is 0 Å². The molecule has 0 saturated carbocycles. The predicted octanol–water partition coefficient (Wildman–Crippen LogP) is -9.60. The number of carbonyl (C=O) groups is 8. The molecule has 0 rings (SSSR count). The minimum atomic E-state index is -1.63. The molecular formula is C33H64N18O10.